The van der Waals surface area contributed by atoms with E-state index in [1.54, 1.807) is 0 Å². The molecule has 0 saturated carbocycles. The number of ketones is 1. The first kappa shape index (κ1) is 25.7. The molecule has 198 valence electrons. The molecule has 0 unspecified atom stereocenters. The molecule has 0 N–H and O–H groups in total. The first-order valence-corrected chi connectivity index (χ1v) is 13.6. The monoisotopic (exact) mass is 524 g/mol. The summed E-state index contributed by atoms with van der Waals surface area (Å²) in [6.07, 6.45) is 6.01. The van der Waals surface area contributed by atoms with Gasteiger partial charge < -0.3 is 9.30 Å². The predicted molar refractivity (Wildman–Crippen MR) is 160 cm³/mol. The van der Waals surface area contributed by atoms with Crippen molar-refractivity contribution in [2.75, 3.05) is 13.2 Å². The summed E-state index contributed by atoms with van der Waals surface area (Å²) in [6, 6.07) is 39.8. The highest BCUT2D eigenvalue weighted by atomic mass is 16.5. The standard InChI is InChI=1S/C36H32N2O2/c1-35(2)25-40-24-28(34(35)39)22-27-14-12-13-21-32(27)33-23-38(26-37-33)36(29-15-6-3-7-16-29,30-17-8-4-9-18-30)31-19-10-5-11-20-31/h3-23,26H,24-25H2,1-2H3. The molecule has 0 aliphatic carbocycles. The zero-order chi connectivity index (χ0) is 27.6. The number of carbonyl (C=O) groups is 1. The summed E-state index contributed by atoms with van der Waals surface area (Å²) in [5, 5.41) is 0. The van der Waals surface area contributed by atoms with Crippen LogP contribution in [0.5, 0.6) is 0 Å². The van der Waals surface area contributed by atoms with Crippen molar-refractivity contribution in [1.82, 2.24) is 9.55 Å². The summed E-state index contributed by atoms with van der Waals surface area (Å²) in [6.45, 7) is 4.64. The maximum Gasteiger partial charge on any atom is 0.169 e. The minimum Gasteiger partial charge on any atom is -0.376 e. The van der Waals surface area contributed by atoms with Crippen molar-refractivity contribution in [2.24, 2.45) is 5.41 Å². The highest BCUT2D eigenvalue weighted by molar-refractivity contribution is 6.04. The van der Waals surface area contributed by atoms with Crippen LogP contribution in [0.25, 0.3) is 17.3 Å². The molecule has 0 bridgehead atoms. The SMILES string of the molecule is CC1(C)COCC(=Cc2ccccc2-c2cn(C(c3ccccc3)(c3ccccc3)c3ccccc3)cn2)C1=O. The van der Waals surface area contributed by atoms with E-state index in [4.69, 9.17) is 9.72 Å². The number of carbonyl (C=O) groups excluding carboxylic acids is 1. The summed E-state index contributed by atoms with van der Waals surface area (Å²) < 4.78 is 7.99. The van der Waals surface area contributed by atoms with Crippen molar-refractivity contribution >= 4 is 11.9 Å². The second-order valence-electron chi connectivity index (χ2n) is 10.9. The Morgan fingerprint density at radius 1 is 0.775 bits per heavy atom. The molecule has 0 radical (unpaired) electrons. The summed E-state index contributed by atoms with van der Waals surface area (Å²) in [7, 11) is 0. The predicted octanol–water partition coefficient (Wildman–Crippen LogP) is 7.40. The van der Waals surface area contributed by atoms with Gasteiger partial charge in [-0.25, -0.2) is 4.98 Å². The fraction of sp³-hybridized carbons (Fsp3) is 0.167. The Morgan fingerprint density at radius 2 is 1.30 bits per heavy atom. The van der Waals surface area contributed by atoms with Crippen LogP contribution in [0.4, 0.5) is 0 Å². The molecule has 5 aromatic rings. The fourth-order valence-corrected chi connectivity index (χ4v) is 5.76. The lowest BCUT2D eigenvalue weighted by Crippen LogP contribution is -2.37. The van der Waals surface area contributed by atoms with Gasteiger partial charge in [0.1, 0.15) is 5.54 Å². The Labute approximate surface area is 235 Å². The molecule has 2 heterocycles. The number of aromatic nitrogens is 2. The van der Waals surface area contributed by atoms with E-state index in [1.165, 1.54) is 0 Å². The third kappa shape index (κ3) is 4.51. The molecule has 1 aliphatic rings. The molecule has 0 amide bonds. The molecule has 4 aromatic carbocycles. The Morgan fingerprint density at radius 3 is 1.88 bits per heavy atom. The Hall–Kier alpha value is -4.54. The minimum absolute atomic E-state index is 0.135. The van der Waals surface area contributed by atoms with Gasteiger partial charge in [-0.2, -0.15) is 0 Å². The molecule has 1 aromatic heterocycles. The lowest BCUT2D eigenvalue weighted by atomic mass is 9.77. The number of imidazole rings is 1. The number of benzene rings is 4. The molecule has 0 atom stereocenters. The van der Waals surface area contributed by atoms with Crippen LogP contribution < -0.4 is 0 Å². The number of rotatable bonds is 6. The Bertz CT molecular complexity index is 1550. The van der Waals surface area contributed by atoms with Crippen LogP contribution >= 0.6 is 0 Å². The van der Waals surface area contributed by atoms with Gasteiger partial charge in [0.05, 0.1) is 30.7 Å². The average Bonchev–Trinajstić information content (AvgIpc) is 3.48. The van der Waals surface area contributed by atoms with E-state index in [1.807, 2.05) is 62.6 Å². The first-order valence-electron chi connectivity index (χ1n) is 13.6. The zero-order valence-electron chi connectivity index (χ0n) is 22.8. The summed E-state index contributed by atoms with van der Waals surface area (Å²) >= 11 is 0. The molecule has 1 fully saturated rings. The molecular formula is C36H32N2O2. The van der Waals surface area contributed by atoms with E-state index in [0.29, 0.717) is 18.8 Å². The van der Waals surface area contributed by atoms with Crippen molar-refractivity contribution < 1.29 is 9.53 Å². The van der Waals surface area contributed by atoms with Crippen LogP contribution in [-0.4, -0.2) is 28.5 Å². The summed E-state index contributed by atoms with van der Waals surface area (Å²) in [4.78, 5) is 18.1. The smallest absolute Gasteiger partial charge is 0.169 e. The van der Waals surface area contributed by atoms with E-state index in [2.05, 4.69) is 89.6 Å². The second-order valence-corrected chi connectivity index (χ2v) is 10.9. The van der Waals surface area contributed by atoms with Gasteiger partial charge in [0.2, 0.25) is 0 Å². The first-order chi connectivity index (χ1) is 19.5. The number of hydrogen-bond donors (Lipinski definition) is 0. The highest BCUT2D eigenvalue weighted by Gasteiger charge is 2.38. The van der Waals surface area contributed by atoms with E-state index in [-0.39, 0.29) is 5.78 Å². The van der Waals surface area contributed by atoms with Gasteiger partial charge in [-0.15, -0.1) is 0 Å². The van der Waals surface area contributed by atoms with E-state index in [9.17, 15) is 4.79 Å². The van der Waals surface area contributed by atoms with Gasteiger partial charge in [-0.05, 0) is 28.3 Å². The maximum absolute atomic E-state index is 13.1. The van der Waals surface area contributed by atoms with Gasteiger partial charge in [0, 0.05) is 17.3 Å². The normalized spacial score (nSPS) is 16.2. The van der Waals surface area contributed by atoms with E-state index >= 15 is 0 Å². The molecule has 6 rings (SSSR count). The summed E-state index contributed by atoms with van der Waals surface area (Å²) in [5.74, 6) is 0.135. The zero-order valence-corrected chi connectivity index (χ0v) is 22.8. The topological polar surface area (TPSA) is 44.1 Å². The van der Waals surface area contributed by atoms with Gasteiger partial charge in [-0.3, -0.25) is 4.79 Å². The van der Waals surface area contributed by atoms with Crippen LogP contribution in [-0.2, 0) is 15.1 Å². The number of nitrogens with zero attached hydrogens (tertiary/aromatic N) is 2. The van der Waals surface area contributed by atoms with Crippen LogP contribution in [0.15, 0.2) is 133 Å². The highest BCUT2D eigenvalue weighted by Crippen LogP contribution is 2.41. The van der Waals surface area contributed by atoms with Crippen LogP contribution in [0.3, 0.4) is 0 Å². The molecular weight excluding hydrogens is 492 g/mol. The van der Waals surface area contributed by atoms with Crippen molar-refractivity contribution in [3.05, 3.63) is 156 Å². The third-order valence-electron chi connectivity index (χ3n) is 7.74. The second kappa shape index (κ2) is 10.6. The van der Waals surface area contributed by atoms with Gasteiger partial charge in [0.25, 0.3) is 0 Å². The largest absolute Gasteiger partial charge is 0.376 e. The van der Waals surface area contributed by atoms with Crippen LogP contribution in [0.2, 0.25) is 0 Å². The quantitative estimate of drug-likeness (QED) is 0.172. The van der Waals surface area contributed by atoms with Crippen LogP contribution in [0, 0.1) is 5.41 Å². The number of Topliss-reactive ketones (excluding diaryl/α,β-unsaturated/α-hetero) is 1. The lowest BCUT2D eigenvalue weighted by Gasteiger charge is -2.37. The molecule has 4 nitrogen and oxygen atoms in total. The molecule has 40 heavy (non-hydrogen) atoms. The molecule has 1 saturated heterocycles. The van der Waals surface area contributed by atoms with Gasteiger partial charge in [0.15, 0.2) is 5.78 Å². The Kier molecular flexibility index (Phi) is 6.79. The van der Waals surface area contributed by atoms with E-state index < -0.39 is 11.0 Å². The molecule has 0 spiro atoms. The minimum atomic E-state index is -0.639. The summed E-state index contributed by atoms with van der Waals surface area (Å²) in [5.41, 5.74) is 5.69. The average molecular weight is 525 g/mol. The third-order valence-corrected chi connectivity index (χ3v) is 7.74. The van der Waals surface area contributed by atoms with Crippen molar-refractivity contribution in [1.29, 1.82) is 0 Å². The van der Waals surface area contributed by atoms with Crippen molar-refractivity contribution in [3.8, 4) is 11.3 Å². The molecule has 1 aliphatic heterocycles. The maximum atomic E-state index is 13.1. The van der Waals surface area contributed by atoms with Crippen LogP contribution in [0.1, 0.15) is 36.1 Å². The van der Waals surface area contributed by atoms with Crippen molar-refractivity contribution in [3.63, 3.8) is 0 Å². The lowest BCUT2D eigenvalue weighted by molar-refractivity contribution is -0.130. The number of ether oxygens (including phenoxy) is 1. The molecule has 4 heteroatoms. The Balaban J connectivity index is 1.53. The van der Waals surface area contributed by atoms with Gasteiger partial charge in [-0.1, -0.05) is 129 Å². The van der Waals surface area contributed by atoms with Gasteiger partial charge >= 0.3 is 0 Å². The fourth-order valence-electron chi connectivity index (χ4n) is 5.76. The van der Waals surface area contributed by atoms with E-state index in [0.717, 1.165) is 33.5 Å². The number of hydrogen-bond acceptors (Lipinski definition) is 3. The van der Waals surface area contributed by atoms with Crippen molar-refractivity contribution in [2.45, 2.75) is 19.4 Å².